The first-order valence-electron chi connectivity index (χ1n) is 4.20. The van der Waals surface area contributed by atoms with Gasteiger partial charge in [-0.25, -0.2) is 0 Å². The van der Waals surface area contributed by atoms with Crippen molar-refractivity contribution in [1.29, 1.82) is 0 Å². The third kappa shape index (κ3) is 3.92. The van der Waals surface area contributed by atoms with Crippen molar-refractivity contribution in [2.45, 2.75) is 20.8 Å². The summed E-state index contributed by atoms with van der Waals surface area (Å²) in [5.74, 6) is 0. The maximum Gasteiger partial charge on any atom is 0.0970 e. The van der Waals surface area contributed by atoms with E-state index >= 15 is 0 Å². The normalized spacial score (nSPS) is 10.5. The molecule has 0 aromatic carbocycles. The molecule has 0 aliphatic rings. The molecule has 0 fully saturated rings. The lowest BCUT2D eigenvalue weighted by Gasteiger charge is -2.34. The van der Waals surface area contributed by atoms with Crippen LogP contribution >= 0.6 is 0 Å². The lowest BCUT2D eigenvalue weighted by atomic mass is 10.3. The average molecular weight is 222 g/mol. The molecule has 0 atom stereocenters. The molecule has 0 aliphatic heterocycles. The van der Waals surface area contributed by atoms with E-state index in [2.05, 4.69) is 27.4 Å². The van der Waals surface area contributed by atoms with E-state index in [0.717, 1.165) is 6.54 Å². The van der Waals surface area contributed by atoms with Crippen molar-refractivity contribution in [3.05, 3.63) is 12.7 Å². The summed E-state index contributed by atoms with van der Waals surface area (Å²) < 4.78 is 1.18. The fourth-order valence-electron chi connectivity index (χ4n) is 1.33. The molecule has 0 aliphatic carbocycles. The minimum Gasteiger partial charge on any atom is -1.00 e. The average Bonchev–Trinajstić information content (AvgIpc) is 2.01. The Balaban J connectivity index is 0. The van der Waals surface area contributed by atoms with Crippen LogP contribution in [-0.2, 0) is 0 Å². The van der Waals surface area contributed by atoms with Gasteiger partial charge in [-0.05, 0) is 26.8 Å². The molecule has 2 heteroatoms. The Morgan fingerprint density at radius 2 is 1.45 bits per heavy atom. The molecular formula is C9H20BrN. The molecule has 0 rings (SSSR count). The molecule has 0 radical (unpaired) electrons. The third-order valence-corrected chi connectivity index (χ3v) is 2.53. The zero-order valence-corrected chi connectivity index (χ0v) is 9.52. The lowest BCUT2D eigenvalue weighted by Crippen LogP contribution is -3.00. The van der Waals surface area contributed by atoms with E-state index in [4.69, 9.17) is 0 Å². The van der Waals surface area contributed by atoms with Crippen molar-refractivity contribution in [3.63, 3.8) is 0 Å². The van der Waals surface area contributed by atoms with Gasteiger partial charge in [-0.3, -0.25) is 0 Å². The first kappa shape index (κ1) is 13.7. The summed E-state index contributed by atoms with van der Waals surface area (Å²) in [5.41, 5.74) is 0. The van der Waals surface area contributed by atoms with E-state index in [1.807, 2.05) is 6.08 Å². The Labute approximate surface area is 81.5 Å². The lowest BCUT2D eigenvalue weighted by molar-refractivity contribution is -0.917. The summed E-state index contributed by atoms with van der Waals surface area (Å²) in [6, 6.07) is 0. The second-order valence-corrected chi connectivity index (χ2v) is 2.76. The van der Waals surface area contributed by atoms with Gasteiger partial charge in [-0.2, -0.15) is 0 Å². The molecule has 0 amide bonds. The van der Waals surface area contributed by atoms with Crippen LogP contribution in [0.5, 0.6) is 0 Å². The summed E-state index contributed by atoms with van der Waals surface area (Å²) in [7, 11) is 0. The van der Waals surface area contributed by atoms with E-state index in [1.54, 1.807) is 0 Å². The molecule has 0 bridgehead atoms. The molecular weight excluding hydrogens is 202 g/mol. The van der Waals surface area contributed by atoms with Crippen molar-refractivity contribution in [2.75, 3.05) is 26.2 Å². The minimum absolute atomic E-state index is 0. The Bertz CT molecular complexity index is 89.5. The summed E-state index contributed by atoms with van der Waals surface area (Å²) in [6.45, 7) is 15.3. The monoisotopic (exact) mass is 221 g/mol. The van der Waals surface area contributed by atoms with Crippen LogP contribution in [0.15, 0.2) is 12.7 Å². The maximum atomic E-state index is 3.77. The first-order chi connectivity index (χ1) is 4.74. The summed E-state index contributed by atoms with van der Waals surface area (Å²) >= 11 is 0. The first-order valence-corrected chi connectivity index (χ1v) is 4.20. The van der Waals surface area contributed by atoms with Crippen LogP contribution in [0.2, 0.25) is 0 Å². The van der Waals surface area contributed by atoms with Gasteiger partial charge in [0.15, 0.2) is 0 Å². The highest BCUT2D eigenvalue weighted by Crippen LogP contribution is 2.04. The van der Waals surface area contributed by atoms with Gasteiger partial charge in [0.2, 0.25) is 0 Å². The van der Waals surface area contributed by atoms with Gasteiger partial charge < -0.3 is 21.5 Å². The standard InChI is InChI=1S/C9H20N.BrH/c1-5-9-10(6-2,7-3)8-4;/h5H,1,6-9H2,2-4H3;1H/q+1;/p-1. The zero-order chi connectivity index (χ0) is 8.04. The number of halogens is 1. The second-order valence-electron chi connectivity index (χ2n) is 2.76. The topological polar surface area (TPSA) is 0 Å². The smallest absolute Gasteiger partial charge is 0.0970 e. The van der Waals surface area contributed by atoms with Gasteiger partial charge in [0.1, 0.15) is 0 Å². The molecule has 0 saturated carbocycles. The molecule has 1 nitrogen and oxygen atoms in total. The second kappa shape index (κ2) is 6.86. The zero-order valence-electron chi connectivity index (χ0n) is 7.94. The maximum absolute atomic E-state index is 3.77. The minimum atomic E-state index is 0. The molecule has 0 N–H and O–H groups in total. The Kier molecular flexibility index (Phi) is 8.58. The molecule has 0 aromatic rings. The van der Waals surface area contributed by atoms with Crippen molar-refractivity contribution < 1.29 is 21.5 Å². The fourth-order valence-corrected chi connectivity index (χ4v) is 1.33. The predicted octanol–water partition coefficient (Wildman–Crippen LogP) is -0.947. The van der Waals surface area contributed by atoms with Gasteiger partial charge in [0.25, 0.3) is 0 Å². The van der Waals surface area contributed by atoms with Crippen molar-refractivity contribution in [3.8, 4) is 0 Å². The largest absolute Gasteiger partial charge is 1.00 e. The van der Waals surface area contributed by atoms with Crippen molar-refractivity contribution in [1.82, 2.24) is 0 Å². The third-order valence-electron chi connectivity index (χ3n) is 2.53. The highest BCUT2D eigenvalue weighted by molar-refractivity contribution is 4.65. The van der Waals surface area contributed by atoms with E-state index in [-0.39, 0.29) is 17.0 Å². The van der Waals surface area contributed by atoms with E-state index in [0.29, 0.717) is 0 Å². The number of hydrogen-bond acceptors (Lipinski definition) is 0. The summed E-state index contributed by atoms with van der Waals surface area (Å²) in [6.07, 6.45) is 2.02. The molecule has 68 valence electrons. The van der Waals surface area contributed by atoms with Crippen LogP contribution in [0.3, 0.4) is 0 Å². The molecule has 0 spiro atoms. The Morgan fingerprint density at radius 1 is 1.09 bits per heavy atom. The Hall–Kier alpha value is 0.180. The molecule has 11 heavy (non-hydrogen) atoms. The van der Waals surface area contributed by atoms with Gasteiger partial charge >= 0.3 is 0 Å². The van der Waals surface area contributed by atoms with Crippen molar-refractivity contribution in [2.24, 2.45) is 0 Å². The van der Waals surface area contributed by atoms with Crippen LogP contribution in [0.25, 0.3) is 0 Å². The number of quaternary nitrogens is 1. The van der Waals surface area contributed by atoms with Gasteiger partial charge in [0.05, 0.1) is 26.2 Å². The number of likely N-dealkylation sites (N-methyl/N-ethyl adjacent to an activating group) is 1. The predicted molar refractivity (Wildman–Crippen MR) is 46.9 cm³/mol. The van der Waals surface area contributed by atoms with Crippen LogP contribution in [0.1, 0.15) is 20.8 Å². The Morgan fingerprint density at radius 3 is 1.55 bits per heavy atom. The number of hydrogen-bond donors (Lipinski definition) is 0. The summed E-state index contributed by atoms with van der Waals surface area (Å²) in [5, 5.41) is 0. The van der Waals surface area contributed by atoms with Crippen LogP contribution in [-0.4, -0.2) is 30.7 Å². The highest BCUT2D eigenvalue weighted by atomic mass is 79.9. The number of rotatable bonds is 5. The van der Waals surface area contributed by atoms with Gasteiger partial charge in [0, 0.05) is 0 Å². The molecule has 0 aromatic heterocycles. The van der Waals surface area contributed by atoms with Crippen LogP contribution in [0, 0.1) is 0 Å². The quantitative estimate of drug-likeness (QED) is 0.416. The van der Waals surface area contributed by atoms with E-state index in [1.165, 1.54) is 24.1 Å². The SMILES string of the molecule is C=CC[N+](CC)(CC)CC.[Br-]. The van der Waals surface area contributed by atoms with Crippen LogP contribution in [0.4, 0.5) is 0 Å². The molecule has 0 saturated heterocycles. The van der Waals surface area contributed by atoms with Crippen LogP contribution < -0.4 is 17.0 Å². The molecule has 0 heterocycles. The van der Waals surface area contributed by atoms with E-state index < -0.39 is 0 Å². The molecule has 0 unspecified atom stereocenters. The fraction of sp³-hybridized carbons (Fsp3) is 0.778. The van der Waals surface area contributed by atoms with E-state index in [9.17, 15) is 0 Å². The highest BCUT2D eigenvalue weighted by Gasteiger charge is 2.17. The van der Waals surface area contributed by atoms with Gasteiger partial charge in [-0.1, -0.05) is 6.58 Å². The summed E-state index contributed by atoms with van der Waals surface area (Å²) in [4.78, 5) is 0. The van der Waals surface area contributed by atoms with Gasteiger partial charge in [-0.15, -0.1) is 0 Å². The van der Waals surface area contributed by atoms with Crippen molar-refractivity contribution >= 4 is 0 Å². The number of nitrogens with zero attached hydrogens (tertiary/aromatic N) is 1.